The first-order valence-electron chi connectivity index (χ1n) is 8.00. The predicted octanol–water partition coefficient (Wildman–Crippen LogP) is 2.94. The summed E-state index contributed by atoms with van der Waals surface area (Å²) in [4.78, 5) is 6.42. The lowest BCUT2D eigenvalue weighted by molar-refractivity contribution is 0.308. The number of hydrogen-bond acceptors (Lipinski definition) is 3. The lowest BCUT2D eigenvalue weighted by atomic mass is 10.3. The minimum atomic E-state index is 0.650. The summed E-state index contributed by atoms with van der Waals surface area (Å²) >= 11 is 0. The SMILES string of the molecule is C=CCCCN(C)C(=NC)NCCCOc1cccc(OC)c1. The summed E-state index contributed by atoms with van der Waals surface area (Å²) < 4.78 is 10.9. The number of benzene rings is 1. The molecule has 0 aliphatic rings. The van der Waals surface area contributed by atoms with Crippen molar-refractivity contribution in [3.63, 3.8) is 0 Å². The van der Waals surface area contributed by atoms with E-state index in [1.807, 2.05) is 37.4 Å². The Kier molecular flexibility index (Phi) is 9.36. The molecule has 0 unspecified atom stereocenters. The van der Waals surface area contributed by atoms with Crippen LogP contribution < -0.4 is 14.8 Å². The summed E-state index contributed by atoms with van der Waals surface area (Å²) in [5.74, 6) is 2.55. The van der Waals surface area contributed by atoms with E-state index >= 15 is 0 Å². The Morgan fingerprint density at radius 2 is 2.13 bits per heavy atom. The number of aliphatic imine (C=N–C) groups is 1. The van der Waals surface area contributed by atoms with Crippen molar-refractivity contribution >= 4 is 5.96 Å². The summed E-state index contributed by atoms with van der Waals surface area (Å²) in [6, 6.07) is 7.65. The average molecular weight is 319 g/mol. The Morgan fingerprint density at radius 3 is 2.83 bits per heavy atom. The van der Waals surface area contributed by atoms with Crippen molar-refractivity contribution in [1.82, 2.24) is 10.2 Å². The zero-order valence-corrected chi connectivity index (χ0v) is 14.5. The molecule has 23 heavy (non-hydrogen) atoms. The minimum Gasteiger partial charge on any atom is -0.497 e. The van der Waals surface area contributed by atoms with E-state index in [0.29, 0.717) is 6.61 Å². The molecule has 0 aliphatic carbocycles. The number of allylic oxidation sites excluding steroid dienone is 1. The lowest BCUT2D eigenvalue weighted by Gasteiger charge is -2.21. The molecule has 128 valence electrons. The Hall–Kier alpha value is -2.17. The molecule has 1 rings (SSSR count). The monoisotopic (exact) mass is 319 g/mol. The van der Waals surface area contributed by atoms with Crippen LogP contribution in [0.2, 0.25) is 0 Å². The van der Waals surface area contributed by atoms with E-state index in [1.54, 1.807) is 14.2 Å². The number of nitrogens with zero attached hydrogens (tertiary/aromatic N) is 2. The van der Waals surface area contributed by atoms with Crippen molar-refractivity contribution < 1.29 is 9.47 Å². The Bertz CT molecular complexity index is 489. The molecule has 0 spiro atoms. The van der Waals surface area contributed by atoms with Crippen LogP contribution in [0.4, 0.5) is 0 Å². The molecule has 1 N–H and O–H groups in total. The van der Waals surface area contributed by atoms with Crippen LogP contribution in [-0.4, -0.2) is 51.8 Å². The number of hydrogen-bond donors (Lipinski definition) is 1. The summed E-state index contributed by atoms with van der Waals surface area (Å²) in [5.41, 5.74) is 0. The van der Waals surface area contributed by atoms with Gasteiger partial charge in [0.15, 0.2) is 5.96 Å². The molecule has 0 fully saturated rings. The number of unbranched alkanes of at least 4 members (excludes halogenated alkanes) is 1. The zero-order valence-electron chi connectivity index (χ0n) is 14.5. The largest absolute Gasteiger partial charge is 0.497 e. The molecule has 0 heterocycles. The van der Waals surface area contributed by atoms with Crippen LogP contribution in [0.5, 0.6) is 11.5 Å². The van der Waals surface area contributed by atoms with Gasteiger partial charge in [-0.3, -0.25) is 4.99 Å². The van der Waals surface area contributed by atoms with Gasteiger partial charge in [-0.05, 0) is 31.4 Å². The smallest absolute Gasteiger partial charge is 0.193 e. The fraction of sp³-hybridized carbons (Fsp3) is 0.500. The van der Waals surface area contributed by atoms with Crippen LogP contribution in [0.3, 0.4) is 0 Å². The molecular weight excluding hydrogens is 290 g/mol. The van der Waals surface area contributed by atoms with Gasteiger partial charge in [0.25, 0.3) is 0 Å². The normalized spacial score (nSPS) is 11.0. The first kappa shape index (κ1) is 18.9. The number of rotatable bonds is 10. The lowest BCUT2D eigenvalue weighted by Crippen LogP contribution is -2.40. The van der Waals surface area contributed by atoms with Gasteiger partial charge in [-0.2, -0.15) is 0 Å². The van der Waals surface area contributed by atoms with Crippen molar-refractivity contribution in [2.24, 2.45) is 4.99 Å². The van der Waals surface area contributed by atoms with Gasteiger partial charge in [0.1, 0.15) is 11.5 Å². The van der Waals surface area contributed by atoms with Crippen molar-refractivity contribution in [1.29, 1.82) is 0 Å². The third kappa shape index (κ3) is 7.58. The van der Waals surface area contributed by atoms with Gasteiger partial charge in [0.2, 0.25) is 0 Å². The van der Waals surface area contributed by atoms with Crippen molar-refractivity contribution in [2.45, 2.75) is 19.3 Å². The van der Waals surface area contributed by atoms with Gasteiger partial charge >= 0.3 is 0 Å². The summed E-state index contributed by atoms with van der Waals surface area (Å²) in [6.45, 7) is 6.18. The second-order valence-electron chi connectivity index (χ2n) is 5.21. The highest BCUT2D eigenvalue weighted by atomic mass is 16.5. The van der Waals surface area contributed by atoms with E-state index in [-0.39, 0.29) is 0 Å². The molecular formula is C18H29N3O2. The molecule has 0 radical (unpaired) electrons. The second-order valence-corrected chi connectivity index (χ2v) is 5.21. The van der Waals surface area contributed by atoms with E-state index in [9.17, 15) is 0 Å². The molecule has 1 aromatic rings. The van der Waals surface area contributed by atoms with Gasteiger partial charge < -0.3 is 19.7 Å². The highest BCUT2D eigenvalue weighted by molar-refractivity contribution is 5.79. The topological polar surface area (TPSA) is 46.1 Å². The summed E-state index contributed by atoms with van der Waals surface area (Å²) in [6.07, 6.45) is 4.95. The number of nitrogens with one attached hydrogen (secondary N) is 1. The zero-order chi connectivity index (χ0) is 16.9. The fourth-order valence-electron chi connectivity index (χ4n) is 2.12. The standard InChI is InChI=1S/C18H29N3O2/c1-5-6-7-13-21(3)18(19-2)20-12-9-14-23-17-11-8-10-16(15-17)22-4/h5,8,10-11,15H,1,6-7,9,12-14H2,2-4H3,(H,19,20). The molecule has 0 saturated heterocycles. The maximum atomic E-state index is 5.72. The van der Waals surface area contributed by atoms with E-state index in [1.165, 1.54) is 0 Å². The molecule has 0 atom stereocenters. The van der Waals surface area contributed by atoms with Crippen LogP contribution in [0.15, 0.2) is 41.9 Å². The maximum Gasteiger partial charge on any atom is 0.193 e. The fourth-order valence-corrected chi connectivity index (χ4v) is 2.12. The van der Waals surface area contributed by atoms with Crippen molar-refractivity contribution in [2.75, 3.05) is 40.9 Å². The minimum absolute atomic E-state index is 0.650. The van der Waals surface area contributed by atoms with Crippen molar-refractivity contribution in [3.05, 3.63) is 36.9 Å². The summed E-state index contributed by atoms with van der Waals surface area (Å²) in [7, 11) is 5.50. The third-order valence-corrected chi connectivity index (χ3v) is 3.39. The van der Waals surface area contributed by atoms with Gasteiger partial charge in [-0.25, -0.2) is 0 Å². The van der Waals surface area contributed by atoms with Gasteiger partial charge in [-0.15, -0.1) is 6.58 Å². The van der Waals surface area contributed by atoms with E-state index in [2.05, 4.69) is 21.8 Å². The Labute approximate surface area is 140 Å². The highest BCUT2D eigenvalue weighted by Crippen LogP contribution is 2.18. The predicted molar refractivity (Wildman–Crippen MR) is 96.5 cm³/mol. The van der Waals surface area contributed by atoms with Crippen LogP contribution in [0, 0.1) is 0 Å². The molecule has 0 saturated carbocycles. The number of ether oxygens (including phenoxy) is 2. The number of methoxy groups -OCH3 is 1. The molecule has 0 bridgehead atoms. The van der Waals surface area contributed by atoms with E-state index < -0.39 is 0 Å². The number of guanidine groups is 1. The first-order chi connectivity index (χ1) is 11.2. The molecule has 0 amide bonds. The molecule has 5 nitrogen and oxygen atoms in total. The summed E-state index contributed by atoms with van der Waals surface area (Å²) in [5, 5.41) is 3.35. The van der Waals surface area contributed by atoms with Crippen molar-refractivity contribution in [3.8, 4) is 11.5 Å². The van der Waals surface area contributed by atoms with Gasteiger partial charge in [0.05, 0.1) is 13.7 Å². The maximum absolute atomic E-state index is 5.72. The van der Waals surface area contributed by atoms with Crippen LogP contribution >= 0.6 is 0 Å². The Morgan fingerprint density at radius 1 is 1.35 bits per heavy atom. The first-order valence-corrected chi connectivity index (χ1v) is 8.00. The van der Waals surface area contributed by atoms with Crippen LogP contribution in [0.25, 0.3) is 0 Å². The highest BCUT2D eigenvalue weighted by Gasteiger charge is 2.04. The third-order valence-electron chi connectivity index (χ3n) is 3.39. The second kappa shape index (κ2) is 11.4. The average Bonchev–Trinajstić information content (AvgIpc) is 2.58. The molecule has 1 aromatic carbocycles. The Balaban J connectivity index is 2.23. The van der Waals surface area contributed by atoms with Gasteiger partial charge in [-0.1, -0.05) is 12.1 Å². The van der Waals surface area contributed by atoms with E-state index in [0.717, 1.165) is 49.8 Å². The molecule has 0 aromatic heterocycles. The quantitative estimate of drug-likeness (QED) is 0.312. The van der Waals surface area contributed by atoms with E-state index in [4.69, 9.17) is 9.47 Å². The molecule has 5 heteroatoms. The van der Waals surface area contributed by atoms with Gasteiger partial charge in [0, 0.05) is 33.3 Å². The molecule has 0 aliphatic heterocycles. The van der Waals surface area contributed by atoms with Crippen LogP contribution in [0.1, 0.15) is 19.3 Å². The van der Waals surface area contributed by atoms with Crippen LogP contribution in [-0.2, 0) is 0 Å².